The van der Waals surface area contributed by atoms with Crippen LogP contribution >= 0.6 is 15.9 Å². The van der Waals surface area contributed by atoms with Crippen molar-refractivity contribution >= 4 is 26.0 Å². The van der Waals surface area contributed by atoms with E-state index in [1.54, 1.807) is 0 Å². The second-order valence-electron chi connectivity index (χ2n) is 3.86. The monoisotopic (exact) mass is 355 g/mol. The highest BCUT2D eigenvalue weighted by Gasteiger charge is 2.23. The molecular weight excluding hydrogens is 341 g/mol. The molecule has 1 rings (SSSR count). The smallest absolute Gasteiger partial charge is 0.243 e. The van der Waals surface area contributed by atoms with E-state index >= 15 is 0 Å². The molecule has 0 radical (unpaired) electrons. The minimum atomic E-state index is -3.99. The number of nitrogens with one attached hydrogen (secondary N) is 1. The van der Waals surface area contributed by atoms with E-state index in [9.17, 15) is 12.8 Å². The van der Waals surface area contributed by atoms with Gasteiger partial charge >= 0.3 is 0 Å². The number of aliphatic hydroxyl groups excluding tert-OH is 1. The van der Waals surface area contributed by atoms with E-state index in [0.29, 0.717) is 4.47 Å². The summed E-state index contributed by atoms with van der Waals surface area (Å²) in [7, 11) is -2.57. The third-order valence-electron chi connectivity index (χ3n) is 2.35. The molecule has 19 heavy (non-hydrogen) atoms. The summed E-state index contributed by atoms with van der Waals surface area (Å²) in [5.41, 5.74) is 0. The van der Waals surface area contributed by atoms with Gasteiger partial charge in [-0.2, -0.15) is 0 Å². The van der Waals surface area contributed by atoms with Crippen LogP contribution in [-0.2, 0) is 14.8 Å². The zero-order valence-electron chi connectivity index (χ0n) is 10.3. The number of halogens is 2. The Morgan fingerprint density at radius 1 is 1.53 bits per heavy atom. The van der Waals surface area contributed by atoms with E-state index in [4.69, 9.17) is 9.84 Å². The Balaban J connectivity index is 2.96. The number of sulfonamides is 1. The zero-order chi connectivity index (χ0) is 14.5. The normalized spacial score (nSPS) is 13.5. The number of methoxy groups -OCH3 is 1. The molecular formula is C11H15BrFNO4S. The van der Waals surface area contributed by atoms with E-state index in [1.807, 2.05) is 0 Å². The van der Waals surface area contributed by atoms with Gasteiger partial charge in [0.25, 0.3) is 0 Å². The minimum absolute atomic E-state index is 0.0952. The van der Waals surface area contributed by atoms with Crippen molar-refractivity contribution in [1.82, 2.24) is 4.72 Å². The molecule has 0 aliphatic heterocycles. The topological polar surface area (TPSA) is 75.6 Å². The van der Waals surface area contributed by atoms with Crippen LogP contribution in [0.15, 0.2) is 27.6 Å². The molecule has 0 aliphatic carbocycles. The van der Waals surface area contributed by atoms with E-state index in [1.165, 1.54) is 19.2 Å². The van der Waals surface area contributed by atoms with Crippen molar-refractivity contribution in [3.63, 3.8) is 0 Å². The van der Waals surface area contributed by atoms with E-state index in [-0.39, 0.29) is 19.6 Å². The molecule has 0 saturated heterocycles. The molecule has 0 heterocycles. The number of rotatable bonds is 7. The Hall–Kier alpha value is -0.540. The summed E-state index contributed by atoms with van der Waals surface area (Å²) in [6, 6.07) is 3.08. The lowest BCUT2D eigenvalue weighted by Gasteiger charge is -2.17. The highest BCUT2D eigenvalue weighted by atomic mass is 79.9. The van der Waals surface area contributed by atoms with E-state index in [0.717, 1.165) is 6.07 Å². The third-order valence-corrected chi connectivity index (χ3v) is 4.40. The molecule has 0 bridgehead atoms. The van der Waals surface area contributed by atoms with Crippen molar-refractivity contribution in [2.24, 2.45) is 0 Å². The van der Waals surface area contributed by atoms with E-state index in [2.05, 4.69) is 20.7 Å². The molecule has 5 nitrogen and oxygen atoms in total. The zero-order valence-corrected chi connectivity index (χ0v) is 12.7. The highest BCUT2D eigenvalue weighted by molar-refractivity contribution is 9.10. The molecule has 0 aromatic heterocycles. The van der Waals surface area contributed by atoms with Gasteiger partial charge in [-0.3, -0.25) is 0 Å². The Bertz CT molecular complexity index is 517. The maximum Gasteiger partial charge on any atom is 0.243 e. The average Bonchev–Trinajstić information content (AvgIpc) is 2.28. The summed E-state index contributed by atoms with van der Waals surface area (Å²) in [4.78, 5) is -0.435. The second-order valence-corrected chi connectivity index (χ2v) is 6.46. The van der Waals surface area contributed by atoms with Crippen LogP contribution in [-0.4, -0.2) is 39.9 Å². The van der Waals surface area contributed by atoms with Gasteiger partial charge in [0.1, 0.15) is 10.7 Å². The fraction of sp³-hybridized carbons (Fsp3) is 0.455. The van der Waals surface area contributed by atoms with Crippen molar-refractivity contribution in [2.45, 2.75) is 17.4 Å². The van der Waals surface area contributed by atoms with Crippen molar-refractivity contribution in [2.75, 3.05) is 20.3 Å². The fourth-order valence-electron chi connectivity index (χ4n) is 1.51. The van der Waals surface area contributed by atoms with Gasteiger partial charge in [0.2, 0.25) is 10.0 Å². The van der Waals surface area contributed by atoms with Crippen LogP contribution in [0.2, 0.25) is 0 Å². The highest BCUT2D eigenvalue weighted by Crippen LogP contribution is 2.19. The molecule has 1 atom stereocenters. The van der Waals surface area contributed by atoms with Gasteiger partial charge in [0.15, 0.2) is 0 Å². The third kappa shape index (κ3) is 4.81. The summed E-state index contributed by atoms with van der Waals surface area (Å²) in [5, 5.41) is 8.85. The first-order chi connectivity index (χ1) is 8.90. The molecule has 108 valence electrons. The first-order valence-corrected chi connectivity index (χ1v) is 7.75. The number of aliphatic hydroxyl groups is 1. The summed E-state index contributed by atoms with van der Waals surface area (Å²) >= 11 is 3.06. The standard InChI is InChI=1S/C11H15BrFNO4S/c1-18-7-9(4-5-15)14-19(16,17)11-3-2-8(12)6-10(11)13/h2-3,6,9,14-15H,4-5,7H2,1H3. The number of hydrogen-bond donors (Lipinski definition) is 2. The second kappa shape index (κ2) is 7.30. The van der Waals surface area contributed by atoms with Crippen LogP contribution in [0.25, 0.3) is 0 Å². The molecule has 0 spiro atoms. The molecule has 0 aliphatic rings. The summed E-state index contributed by atoms with van der Waals surface area (Å²) in [5.74, 6) is -0.845. The fourth-order valence-corrected chi connectivity index (χ4v) is 3.16. The first kappa shape index (κ1) is 16.5. The summed E-state index contributed by atoms with van der Waals surface area (Å²) in [6.45, 7) is -0.0999. The van der Waals surface area contributed by atoms with Crippen molar-refractivity contribution < 1.29 is 22.7 Å². The number of hydrogen-bond acceptors (Lipinski definition) is 4. The molecule has 1 unspecified atom stereocenters. The molecule has 1 aromatic rings. The quantitative estimate of drug-likeness (QED) is 0.772. The lowest BCUT2D eigenvalue weighted by atomic mass is 10.2. The first-order valence-electron chi connectivity index (χ1n) is 5.48. The van der Waals surface area contributed by atoms with Crippen molar-refractivity contribution in [3.8, 4) is 0 Å². The van der Waals surface area contributed by atoms with Crippen LogP contribution in [0.1, 0.15) is 6.42 Å². The molecule has 2 N–H and O–H groups in total. The van der Waals surface area contributed by atoms with Crippen LogP contribution in [0.4, 0.5) is 4.39 Å². The van der Waals surface area contributed by atoms with E-state index < -0.39 is 26.8 Å². The Labute approximate surface area is 120 Å². The summed E-state index contributed by atoms with van der Waals surface area (Å²) < 4.78 is 45.3. The Kier molecular flexibility index (Phi) is 6.34. The summed E-state index contributed by atoms with van der Waals surface area (Å²) in [6.07, 6.45) is 0.186. The van der Waals surface area contributed by atoms with Gasteiger partial charge in [-0.05, 0) is 24.6 Å². The molecule has 0 fully saturated rings. The van der Waals surface area contributed by atoms with Crippen molar-refractivity contribution in [3.05, 3.63) is 28.5 Å². The maximum absolute atomic E-state index is 13.6. The molecule has 8 heteroatoms. The number of ether oxygens (including phenoxy) is 1. The lowest BCUT2D eigenvalue weighted by molar-refractivity contribution is 0.158. The Morgan fingerprint density at radius 2 is 2.21 bits per heavy atom. The van der Waals surface area contributed by atoms with Crippen LogP contribution in [0.3, 0.4) is 0 Å². The lowest BCUT2D eigenvalue weighted by Crippen LogP contribution is -2.39. The van der Waals surface area contributed by atoms with Gasteiger partial charge in [-0.25, -0.2) is 17.5 Å². The SMILES string of the molecule is COCC(CCO)NS(=O)(=O)c1ccc(Br)cc1F. The van der Waals surface area contributed by atoms with Gasteiger partial charge in [-0.1, -0.05) is 15.9 Å². The van der Waals surface area contributed by atoms with Gasteiger partial charge in [0.05, 0.1) is 6.61 Å². The largest absolute Gasteiger partial charge is 0.396 e. The van der Waals surface area contributed by atoms with Gasteiger partial charge < -0.3 is 9.84 Å². The predicted octanol–water partition coefficient (Wildman–Crippen LogP) is 1.26. The van der Waals surface area contributed by atoms with Crippen LogP contribution in [0, 0.1) is 5.82 Å². The number of benzene rings is 1. The van der Waals surface area contributed by atoms with Crippen LogP contribution < -0.4 is 4.72 Å². The van der Waals surface area contributed by atoms with Crippen molar-refractivity contribution in [1.29, 1.82) is 0 Å². The maximum atomic E-state index is 13.6. The molecule has 0 saturated carbocycles. The molecule has 0 amide bonds. The minimum Gasteiger partial charge on any atom is -0.396 e. The van der Waals surface area contributed by atoms with Gasteiger partial charge in [-0.15, -0.1) is 0 Å². The molecule has 1 aromatic carbocycles. The van der Waals surface area contributed by atoms with Gasteiger partial charge in [0, 0.05) is 24.2 Å². The average molecular weight is 356 g/mol. The van der Waals surface area contributed by atoms with Crippen LogP contribution in [0.5, 0.6) is 0 Å². The predicted molar refractivity (Wildman–Crippen MR) is 71.8 cm³/mol. The Morgan fingerprint density at radius 3 is 2.74 bits per heavy atom.